The molecule has 0 heterocycles. The van der Waals surface area contributed by atoms with Gasteiger partial charge in [-0.15, -0.1) is 0 Å². The van der Waals surface area contributed by atoms with Crippen LogP contribution in [0.4, 0.5) is 13.2 Å². The first-order valence-corrected chi connectivity index (χ1v) is 4.65. The van der Waals surface area contributed by atoms with Gasteiger partial charge in [0.05, 0.1) is 0 Å². The van der Waals surface area contributed by atoms with Crippen LogP contribution in [0.15, 0.2) is 5.16 Å². The molecule has 4 N–H and O–H groups in total. The summed E-state index contributed by atoms with van der Waals surface area (Å²) in [5.74, 6) is -0.790. The van der Waals surface area contributed by atoms with Crippen LogP contribution in [0.2, 0.25) is 0 Å². The Bertz CT molecular complexity index is 281. The predicted molar refractivity (Wildman–Crippen MR) is 52.5 cm³/mol. The molecule has 0 aliphatic heterocycles. The minimum atomic E-state index is -4.46. The number of nitrogens with two attached hydrogens (primary N) is 1. The van der Waals surface area contributed by atoms with E-state index in [0.29, 0.717) is 0 Å². The first-order chi connectivity index (χ1) is 7.74. The van der Waals surface area contributed by atoms with E-state index in [0.717, 1.165) is 0 Å². The normalized spacial score (nSPS) is 14.5. The number of amidine groups is 1. The highest BCUT2D eigenvalue weighted by Gasteiger charge is 2.27. The largest absolute Gasteiger partial charge is 0.411 e. The zero-order chi connectivity index (χ0) is 13.5. The number of nitrogens with one attached hydrogen (secondary N) is 1. The molecule has 0 aliphatic carbocycles. The predicted octanol–water partition coefficient (Wildman–Crippen LogP) is 0.206. The Morgan fingerprint density at radius 1 is 1.59 bits per heavy atom. The van der Waals surface area contributed by atoms with E-state index in [4.69, 9.17) is 10.9 Å². The molecule has 0 aromatic rings. The van der Waals surface area contributed by atoms with E-state index in [1.54, 1.807) is 6.92 Å². The van der Waals surface area contributed by atoms with Crippen LogP contribution in [0, 0.1) is 0 Å². The van der Waals surface area contributed by atoms with Gasteiger partial charge in [0.1, 0.15) is 19.0 Å². The maximum atomic E-state index is 11.7. The molecule has 9 heteroatoms. The molecule has 0 fully saturated rings. The second kappa shape index (κ2) is 6.94. The fourth-order valence-corrected chi connectivity index (χ4v) is 0.982. The highest BCUT2D eigenvalue weighted by atomic mass is 19.4. The Kier molecular flexibility index (Phi) is 6.33. The smallest absolute Gasteiger partial charge is 0.409 e. The standard InChI is InChI=1S/C8H14F3N3O3/c1-5(2-6(12)14-16)13-7(15)3-17-4-8(9,10)11/h5,16H,2-4H2,1H3,(H2,12,14)(H,13,15). The topological polar surface area (TPSA) is 96.9 Å². The molecular formula is C8H14F3N3O3. The molecule has 1 amide bonds. The summed E-state index contributed by atoms with van der Waals surface area (Å²) in [6, 6.07) is -0.465. The van der Waals surface area contributed by atoms with Gasteiger partial charge in [-0.25, -0.2) is 0 Å². The first kappa shape index (κ1) is 15.5. The number of alkyl halides is 3. The number of carbonyl (C=O) groups is 1. The van der Waals surface area contributed by atoms with Crippen molar-refractivity contribution in [1.82, 2.24) is 5.32 Å². The summed E-state index contributed by atoms with van der Waals surface area (Å²) in [5.41, 5.74) is 5.18. The number of oxime groups is 1. The van der Waals surface area contributed by atoms with Crippen LogP contribution in [-0.4, -0.2) is 42.4 Å². The molecular weight excluding hydrogens is 243 g/mol. The summed E-state index contributed by atoms with van der Waals surface area (Å²) in [4.78, 5) is 11.1. The van der Waals surface area contributed by atoms with E-state index >= 15 is 0 Å². The lowest BCUT2D eigenvalue weighted by atomic mass is 10.2. The van der Waals surface area contributed by atoms with Gasteiger partial charge >= 0.3 is 6.18 Å². The summed E-state index contributed by atoms with van der Waals surface area (Å²) in [5, 5.41) is 13.3. The number of ether oxygens (including phenoxy) is 1. The molecule has 0 saturated heterocycles. The van der Waals surface area contributed by atoms with Crippen molar-refractivity contribution in [3.63, 3.8) is 0 Å². The minimum Gasteiger partial charge on any atom is -0.409 e. The van der Waals surface area contributed by atoms with Crippen LogP contribution in [-0.2, 0) is 9.53 Å². The van der Waals surface area contributed by atoms with Crippen LogP contribution in [0.25, 0.3) is 0 Å². The SMILES string of the molecule is CC(CC(N)=NO)NC(=O)COCC(F)(F)F. The number of amides is 1. The van der Waals surface area contributed by atoms with E-state index in [9.17, 15) is 18.0 Å². The van der Waals surface area contributed by atoms with Gasteiger partial charge in [-0.2, -0.15) is 13.2 Å². The fraction of sp³-hybridized carbons (Fsp3) is 0.750. The summed E-state index contributed by atoms with van der Waals surface area (Å²) in [7, 11) is 0. The lowest BCUT2D eigenvalue weighted by Gasteiger charge is -2.13. The number of hydrogen-bond donors (Lipinski definition) is 3. The Hall–Kier alpha value is -1.51. The highest BCUT2D eigenvalue weighted by Crippen LogP contribution is 2.14. The minimum absolute atomic E-state index is 0.0848. The maximum absolute atomic E-state index is 11.7. The van der Waals surface area contributed by atoms with E-state index in [-0.39, 0.29) is 12.3 Å². The van der Waals surface area contributed by atoms with Crippen molar-refractivity contribution in [3.8, 4) is 0 Å². The number of hydrogen-bond acceptors (Lipinski definition) is 4. The molecule has 0 radical (unpaired) electrons. The molecule has 0 rings (SSSR count). The Morgan fingerprint density at radius 2 is 2.18 bits per heavy atom. The van der Waals surface area contributed by atoms with E-state index in [2.05, 4.69) is 15.2 Å². The molecule has 0 saturated carbocycles. The number of halogens is 3. The molecule has 0 aromatic carbocycles. The highest BCUT2D eigenvalue weighted by molar-refractivity contribution is 5.82. The third-order valence-electron chi connectivity index (χ3n) is 1.55. The molecule has 17 heavy (non-hydrogen) atoms. The molecule has 0 aliphatic rings. The molecule has 0 aromatic heterocycles. The number of rotatable bonds is 6. The molecule has 1 atom stereocenters. The first-order valence-electron chi connectivity index (χ1n) is 4.65. The quantitative estimate of drug-likeness (QED) is 0.274. The monoisotopic (exact) mass is 257 g/mol. The second-order valence-corrected chi connectivity index (χ2v) is 3.37. The Balaban J connectivity index is 3.79. The second-order valence-electron chi connectivity index (χ2n) is 3.37. The van der Waals surface area contributed by atoms with Crippen LogP contribution >= 0.6 is 0 Å². The zero-order valence-corrected chi connectivity index (χ0v) is 9.12. The molecule has 6 nitrogen and oxygen atoms in total. The third-order valence-corrected chi connectivity index (χ3v) is 1.55. The van der Waals surface area contributed by atoms with Crippen molar-refractivity contribution in [3.05, 3.63) is 0 Å². The van der Waals surface area contributed by atoms with Gasteiger partial charge in [-0.1, -0.05) is 5.16 Å². The van der Waals surface area contributed by atoms with Crippen LogP contribution in [0.3, 0.4) is 0 Å². The molecule has 1 unspecified atom stereocenters. The summed E-state index contributed by atoms with van der Waals surface area (Å²) in [6.07, 6.45) is -4.37. The maximum Gasteiger partial charge on any atom is 0.411 e. The zero-order valence-electron chi connectivity index (χ0n) is 9.12. The molecule has 0 spiro atoms. The van der Waals surface area contributed by atoms with Crippen molar-refractivity contribution < 1.29 is 27.9 Å². The summed E-state index contributed by atoms with van der Waals surface area (Å²) >= 11 is 0. The average Bonchev–Trinajstić information content (AvgIpc) is 2.14. The number of carbonyl (C=O) groups excluding carboxylic acids is 1. The van der Waals surface area contributed by atoms with Crippen LogP contribution in [0.5, 0.6) is 0 Å². The summed E-state index contributed by atoms with van der Waals surface area (Å²) < 4.78 is 39.2. The Labute approximate surface area is 95.6 Å². The van der Waals surface area contributed by atoms with E-state index in [1.807, 2.05) is 0 Å². The lowest BCUT2D eigenvalue weighted by molar-refractivity contribution is -0.175. The van der Waals surface area contributed by atoms with Crippen molar-refractivity contribution in [2.75, 3.05) is 13.2 Å². The van der Waals surface area contributed by atoms with Gasteiger partial charge < -0.3 is 21.0 Å². The van der Waals surface area contributed by atoms with E-state index < -0.39 is 31.3 Å². The number of nitrogens with zero attached hydrogens (tertiary/aromatic N) is 1. The van der Waals surface area contributed by atoms with E-state index in [1.165, 1.54) is 0 Å². The van der Waals surface area contributed by atoms with Crippen LogP contribution < -0.4 is 11.1 Å². The van der Waals surface area contributed by atoms with Crippen molar-refractivity contribution in [2.45, 2.75) is 25.6 Å². The van der Waals surface area contributed by atoms with Gasteiger partial charge in [-0.05, 0) is 6.92 Å². The van der Waals surface area contributed by atoms with Gasteiger partial charge in [0.2, 0.25) is 5.91 Å². The van der Waals surface area contributed by atoms with Crippen molar-refractivity contribution in [2.24, 2.45) is 10.9 Å². The van der Waals surface area contributed by atoms with Crippen LogP contribution in [0.1, 0.15) is 13.3 Å². The molecule has 100 valence electrons. The van der Waals surface area contributed by atoms with Crippen molar-refractivity contribution >= 4 is 11.7 Å². The third kappa shape index (κ3) is 9.42. The van der Waals surface area contributed by atoms with Gasteiger partial charge in [0, 0.05) is 12.5 Å². The Morgan fingerprint density at radius 3 is 2.65 bits per heavy atom. The van der Waals surface area contributed by atoms with Gasteiger partial charge in [0.15, 0.2) is 0 Å². The fourth-order valence-electron chi connectivity index (χ4n) is 0.982. The van der Waals surface area contributed by atoms with Gasteiger partial charge in [0.25, 0.3) is 0 Å². The van der Waals surface area contributed by atoms with Crippen molar-refractivity contribution in [1.29, 1.82) is 0 Å². The average molecular weight is 257 g/mol. The van der Waals surface area contributed by atoms with Gasteiger partial charge in [-0.3, -0.25) is 4.79 Å². The lowest BCUT2D eigenvalue weighted by Crippen LogP contribution is -2.38. The molecule has 0 bridgehead atoms. The summed E-state index contributed by atoms with van der Waals surface area (Å²) in [6.45, 7) is -0.616.